The maximum absolute atomic E-state index is 13.9. The molecule has 36 heavy (non-hydrogen) atoms. The summed E-state index contributed by atoms with van der Waals surface area (Å²) in [5.41, 5.74) is 4.01. The van der Waals surface area contributed by atoms with Crippen molar-refractivity contribution in [2.45, 2.75) is 44.2 Å². The van der Waals surface area contributed by atoms with Gasteiger partial charge in [0.1, 0.15) is 11.6 Å². The summed E-state index contributed by atoms with van der Waals surface area (Å²) in [5.74, 6) is 0.671. The normalized spacial score (nSPS) is 21.8. The number of likely N-dealkylation sites (tertiary alicyclic amines) is 1. The van der Waals surface area contributed by atoms with Crippen LogP contribution < -0.4 is 4.90 Å². The summed E-state index contributed by atoms with van der Waals surface area (Å²) in [4.78, 5) is 22.2. The van der Waals surface area contributed by atoms with E-state index in [1.807, 2.05) is 28.9 Å². The minimum Gasteiger partial charge on any atom is -0.465 e. The fourth-order valence-corrected chi connectivity index (χ4v) is 6.02. The molecule has 0 radical (unpaired) electrons. The van der Waals surface area contributed by atoms with E-state index in [0.29, 0.717) is 19.1 Å². The lowest BCUT2D eigenvalue weighted by atomic mass is 9.99. The molecule has 0 aliphatic carbocycles. The Bertz CT molecular complexity index is 1300. The second-order valence-electron chi connectivity index (χ2n) is 10.0. The Labute approximate surface area is 209 Å². The first kappa shape index (κ1) is 23.0. The van der Waals surface area contributed by atoms with E-state index in [2.05, 4.69) is 20.9 Å². The lowest BCUT2D eigenvalue weighted by Gasteiger charge is -2.39. The molecule has 1 amide bonds. The molecule has 2 aromatic heterocycles. The number of anilines is 1. The molecule has 8 nitrogen and oxygen atoms in total. The van der Waals surface area contributed by atoms with E-state index in [1.54, 1.807) is 12.1 Å². The SMILES string of the molecule is O=C(O)N1CCC(N2CCC=C(c3cnc4ccc(N5CCC[C@@H]5c5cccc(F)c5)nn34)C2)CC1. The number of fused-ring (bicyclic) bond motifs is 1. The average molecular weight is 491 g/mol. The van der Waals surface area contributed by atoms with Crippen molar-refractivity contribution >= 4 is 23.1 Å². The molecule has 9 heteroatoms. The van der Waals surface area contributed by atoms with Gasteiger partial charge in [0.2, 0.25) is 0 Å². The molecule has 2 fully saturated rings. The highest BCUT2D eigenvalue weighted by molar-refractivity contribution is 5.68. The Hall–Kier alpha value is -3.46. The van der Waals surface area contributed by atoms with Gasteiger partial charge in [-0.3, -0.25) is 4.90 Å². The van der Waals surface area contributed by atoms with E-state index in [0.717, 1.165) is 74.5 Å². The summed E-state index contributed by atoms with van der Waals surface area (Å²) in [5, 5.41) is 14.3. The van der Waals surface area contributed by atoms with Crippen LogP contribution in [0, 0.1) is 5.82 Å². The molecule has 1 aromatic carbocycles. The van der Waals surface area contributed by atoms with E-state index in [1.165, 1.54) is 16.5 Å². The highest BCUT2D eigenvalue weighted by Gasteiger charge is 2.30. The molecule has 2 saturated heterocycles. The van der Waals surface area contributed by atoms with E-state index >= 15 is 0 Å². The first-order chi connectivity index (χ1) is 17.6. The van der Waals surface area contributed by atoms with Gasteiger partial charge in [0.05, 0.1) is 17.9 Å². The molecule has 1 atom stereocenters. The van der Waals surface area contributed by atoms with Gasteiger partial charge in [0.15, 0.2) is 5.65 Å². The Morgan fingerprint density at radius 3 is 2.72 bits per heavy atom. The van der Waals surface area contributed by atoms with Gasteiger partial charge in [-0.15, -0.1) is 5.10 Å². The molecule has 3 aliphatic rings. The summed E-state index contributed by atoms with van der Waals surface area (Å²) >= 11 is 0. The predicted molar refractivity (Wildman–Crippen MR) is 135 cm³/mol. The summed E-state index contributed by atoms with van der Waals surface area (Å²) in [6.07, 6.45) is 8.07. The van der Waals surface area contributed by atoms with Crippen LogP contribution in [0.25, 0.3) is 11.2 Å². The quantitative estimate of drug-likeness (QED) is 0.583. The summed E-state index contributed by atoms with van der Waals surface area (Å²) < 4.78 is 15.9. The molecule has 188 valence electrons. The minimum atomic E-state index is -0.821. The Balaban J connectivity index is 1.23. The van der Waals surface area contributed by atoms with Crippen molar-refractivity contribution in [2.75, 3.05) is 37.6 Å². The molecule has 0 saturated carbocycles. The highest BCUT2D eigenvalue weighted by Crippen LogP contribution is 2.36. The van der Waals surface area contributed by atoms with Gasteiger partial charge < -0.3 is 14.9 Å². The fourth-order valence-electron chi connectivity index (χ4n) is 6.02. The van der Waals surface area contributed by atoms with Crippen LogP contribution in [0.3, 0.4) is 0 Å². The molecule has 0 bridgehead atoms. The lowest BCUT2D eigenvalue weighted by molar-refractivity contribution is 0.100. The highest BCUT2D eigenvalue weighted by atomic mass is 19.1. The van der Waals surface area contributed by atoms with Crippen LogP contribution in [-0.4, -0.2) is 74.4 Å². The van der Waals surface area contributed by atoms with Crippen molar-refractivity contribution in [3.8, 4) is 0 Å². The van der Waals surface area contributed by atoms with Crippen LogP contribution in [0.15, 0.2) is 48.7 Å². The molecule has 3 aliphatic heterocycles. The van der Waals surface area contributed by atoms with Crippen molar-refractivity contribution in [3.63, 3.8) is 0 Å². The first-order valence-corrected chi connectivity index (χ1v) is 12.8. The molecule has 6 rings (SSSR count). The van der Waals surface area contributed by atoms with Crippen molar-refractivity contribution < 1.29 is 14.3 Å². The predicted octanol–water partition coefficient (Wildman–Crippen LogP) is 4.44. The zero-order chi connectivity index (χ0) is 24.6. The Kier molecular flexibility index (Phi) is 6.08. The smallest absolute Gasteiger partial charge is 0.407 e. The van der Waals surface area contributed by atoms with Gasteiger partial charge in [-0.2, -0.15) is 0 Å². The van der Waals surface area contributed by atoms with Crippen LogP contribution in [0.2, 0.25) is 0 Å². The third kappa shape index (κ3) is 4.32. The summed E-state index contributed by atoms with van der Waals surface area (Å²) in [6, 6.07) is 11.4. The largest absolute Gasteiger partial charge is 0.465 e. The van der Waals surface area contributed by atoms with E-state index in [-0.39, 0.29) is 11.9 Å². The van der Waals surface area contributed by atoms with Crippen molar-refractivity contribution in [1.82, 2.24) is 24.4 Å². The maximum Gasteiger partial charge on any atom is 0.407 e. The second kappa shape index (κ2) is 9.54. The van der Waals surface area contributed by atoms with Crippen LogP contribution in [-0.2, 0) is 0 Å². The Morgan fingerprint density at radius 1 is 1.06 bits per heavy atom. The van der Waals surface area contributed by atoms with Crippen molar-refractivity contribution in [3.05, 3.63) is 65.7 Å². The fraction of sp³-hybridized carbons (Fsp3) is 0.444. The van der Waals surface area contributed by atoms with Crippen LogP contribution in [0.1, 0.15) is 49.4 Å². The number of aromatic nitrogens is 3. The number of rotatable bonds is 4. The van der Waals surface area contributed by atoms with Gasteiger partial charge in [-0.25, -0.2) is 18.7 Å². The van der Waals surface area contributed by atoms with Gasteiger partial charge in [0.25, 0.3) is 0 Å². The number of hydrogen-bond donors (Lipinski definition) is 1. The number of carbonyl (C=O) groups is 1. The van der Waals surface area contributed by atoms with Crippen LogP contribution in [0.5, 0.6) is 0 Å². The lowest BCUT2D eigenvalue weighted by Crippen LogP contribution is -2.47. The summed E-state index contributed by atoms with van der Waals surface area (Å²) in [7, 11) is 0. The van der Waals surface area contributed by atoms with Gasteiger partial charge in [-0.05, 0) is 67.5 Å². The number of hydrogen-bond acceptors (Lipinski definition) is 5. The molecule has 0 unspecified atom stereocenters. The molecular formula is C27H31FN6O2. The number of piperidine rings is 1. The number of halogens is 1. The number of benzene rings is 1. The minimum absolute atomic E-state index is 0.110. The van der Waals surface area contributed by atoms with Gasteiger partial charge >= 0.3 is 6.09 Å². The number of imidazole rings is 1. The number of carboxylic acid groups (broad SMARTS) is 1. The summed E-state index contributed by atoms with van der Waals surface area (Å²) in [6.45, 7) is 3.87. The van der Waals surface area contributed by atoms with Crippen molar-refractivity contribution in [1.29, 1.82) is 0 Å². The van der Waals surface area contributed by atoms with Crippen molar-refractivity contribution in [2.24, 2.45) is 0 Å². The zero-order valence-corrected chi connectivity index (χ0v) is 20.3. The average Bonchev–Trinajstić information content (AvgIpc) is 3.56. The topological polar surface area (TPSA) is 77.2 Å². The third-order valence-electron chi connectivity index (χ3n) is 7.89. The monoisotopic (exact) mass is 490 g/mol. The maximum atomic E-state index is 13.9. The first-order valence-electron chi connectivity index (χ1n) is 12.8. The van der Waals surface area contributed by atoms with Gasteiger partial charge in [0, 0.05) is 38.8 Å². The second-order valence-corrected chi connectivity index (χ2v) is 10.0. The van der Waals surface area contributed by atoms with Crippen LogP contribution in [0.4, 0.5) is 15.0 Å². The van der Waals surface area contributed by atoms with E-state index in [9.17, 15) is 14.3 Å². The third-order valence-corrected chi connectivity index (χ3v) is 7.89. The molecule has 0 spiro atoms. The van der Waals surface area contributed by atoms with Crippen LogP contribution >= 0.6 is 0 Å². The Morgan fingerprint density at radius 2 is 1.92 bits per heavy atom. The number of amides is 1. The van der Waals surface area contributed by atoms with Gasteiger partial charge in [-0.1, -0.05) is 18.2 Å². The standard InChI is InChI=1S/C27H31FN6O2/c28-21-6-1-4-19(16-21)23-7-3-13-33(23)26-9-8-25-29-17-24(34(25)30-26)20-5-2-12-32(18-20)22-10-14-31(15-11-22)27(35)36/h1,4-6,8-9,16-17,22-23H,2-3,7,10-15,18H2,(H,35,36)/t23-/m1/s1. The van der Waals surface area contributed by atoms with E-state index < -0.39 is 6.09 Å². The molecular weight excluding hydrogens is 459 g/mol. The van der Waals surface area contributed by atoms with E-state index in [4.69, 9.17) is 5.10 Å². The molecule has 5 heterocycles. The molecule has 3 aromatic rings. The molecule has 1 N–H and O–H groups in total. The number of nitrogens with zero attached hydrogens (tertiary/aromatic N) is 6. The zero-order valence-electron chi connectivity index (χ0n) is 20.3.